The SMILES string of the molecule is CC(=O)CC(C)=NCCCCN=C(C)CC(C)=O. The van der Waals surface area contributed by atoms with Gasteiger partial charge in [0.05, 0.1) is 0 Å². The Morgan fingerprint density at radius 3 is 1.33 bits per heavy atom. The summed E-state index contributed by atoms with van der Waals surface area (Å²) in [5.74, 6) is 0.307. The molecule has 0 amide bonds. The van der Waals surface area contributed by atoms with Gasteiger partial charge in [-0.05, 0) is 40.5 Å². The van der Waals surface area contributed by atoms with Crippen LogP contribution in [0.3, 0.4) is 0 Å². The van der Waals surface area contributed by atoms with Crippen molar-refractivity contribution in [1.82, 2.24) is 0 Å². The van der Waals surface area contributed by atoms with E-state index in [9.17, 15) is 9.59 Å². The van der Waals surface area contributed by atoms with Crippen molar-refractivity contribution in [2.45, 2.75) is 53.4 Å². The van der Waals surface area contributed by atoms with Crippen molar-refractivity contribution >= 4 is 23.0 Å². The molecule has 0 radical (unpaired) electrons. The van der Waals surface area contributed by atoms with E-state index in [1.165, 1.54) is 0 Å². The molecule has 0 aliphatic carbocycles. The quantitative estimate of drug-likeness (QED) is 0.468. The summed E-state index contributed by atoms with van der Waals surface area (Å²) in [4.78, 5) is 30.3. The van der Waals surface area contributed by atoms with Crippen LogP contribution in [0.5, 0.6) is 0 Å². The van der Waals surface area contributed by atoms with Crippen molar-refractivity contribution in [2.24, 2.45) is 9.98 Å². The van der Waals surface area contributed by atoms with E-state index < -0.39 is 0 Å². The van der Waals surface area contributed by atoms with Gasteiger partial charge in [0.25, 0.3) is 0 Å². The highest BCUT2D eigenvalue weighted by molar-refractivity contribution is 6.00. The summed E-state index contributed by atoms with van der Waals surface area (Å²) in [5.41, 5.74) is 1.80. The lowest BCUT2D eigenvalue weighted by Crippen LogP contribution is -2.02. The maximum absolute atomic E-state index is 10.8. The largest absolute Gasteiger partial charge is 0.300 e. The third-order valence-corrected chi connectivity index (χ3v) is 2.34. The van der Waals surface area contributed by atoms with Gasteiger partial charge < -0.3 is 0 Å². The van der Waals surface area contributed by atoms with Crippen molar-refractivity contribution in [3.63, 3.8) is 0 Å². The van der Waals surface area contributed by atoms with Gasteiger partial charge in [0.15, 0.2) is 0 Å². The Morgan fingerprint density at radius 2 is 1.06 bits per heavy atom. The first kappa shape index (κ1) is 16.7. The molecular weight excluding hydrogens is 228 g/mol. The first-order valence-corrected chi connectivity index (χ1v) is 6.40. The van der Waals surface area contributed by atoms with E-state index >= 15 is 0 Å². The highest BCUT2D eigenvalue weighted by atomic mass is 16.1. The molecule has 0 unspecified atom stereocenters. The van der Waals surface area contributed by atoms with Gasteiger partial charge in [0.2, 0.25) is 0 Å². The summed E-state index contributed by atoms with van der Waals surface area (Å²) in [6.45, 7) is 8.42. The second-order valence-corrected chi connectivity index (χ2v) is 4.70. The summed E-state index contributed by atoms with van der Waals surface area (Å²) in [7, 11) is 0. The first-order chi connectivity index (χ1) is 8.41. The monoisotopic (exact) mass is 252 g/mol. The maximum atomic E-state index is 10.8. The van der Waals surface area contributed by atoms with E-state index in [4.69, 9.17) is 0 Å². The van der Waals surface area contributed by atoms with Crippen LogP contribution in [0.15, 0.2) is 9.98 Å². The van der Waals surface area contributed by atoms with Crippen molar-refractivity contribution in [2.75, 3.05) is 13.1 Å². The molecule has 0 aromatic heterocycles. The predicted molar refractivity (Wildman–Crippen MR) is 75.8 cm³/mol. The zero-order valence-corrected chi connectivity index (χ0v) is 12.0. The number of carbonyl (C=O) groups is 2. The van der Waals surface area contributed by atoms with Crippen LogP contribution in [0.25, 0.3) is 0 Å². The topological polar surface area (TPSA) is 58.9 Å². The second-order valence-electron chi connectivity index (χ2n) is 4.70. The predicted octanol–water partition coefficient (Wildman–Crippen LogP) is 2.65. The number of carbonyl (C=O) groups excluding carboxylic acids is 2. The van der Waals surface area contributed by atoms with Gasteiger partial charge in [0.1, 0.15) is 11.6 Å². The van der Waals surface area contributed by atoms with Crippen LogP contribution in [0, 0.1) is 0 Å². The average molecular weight is 252 g/mol. The number of rotatable bonds is 9. The third kappa shape index (κ3) is 11.2. The van der Waals surface area contributed by atoms with Crippen LogP contribution in [0.4, 0.5) is 0 Å². The number of Topliss-reactive ketones (excluding diaryl/α,β-unsaturated/α-hetero) is 2. The van der Waals surface area contributed by atoms with E-state index in [-0.39, 0.29) is 11.6 Å². The minimum atomic E-state index is 0.153. The van der Waals surface area contributed by atoms with Gasteiger partial charge in [-0.15, -0.1) is 0 Å². The zero-order chi connectivity index (χ0) is 14.0. The molecule has 4 heteroatoms. The third-order valence-electron chi connectivity index (χ3n) is 2.34. The van der Waals surface area contributed by atoms with Crippen LogP contribution in [0.2, 0.25) is 0 Å². The van der Waals surface area contributed by atoms with Gasteiger partial charge in [-0.2, -0.15) is 0 Å². The molecule has 0 fully saturated rings. The minimum Gasteiger partial charge on any atom is -0.300 e. The van der Waals surface area contributed by atoms with E-state index in [0.717, 1.165) is 37.4 Å². The highest BCUT2D eigenvalue weighted by Gasteiger charge is 1.97. The van der Waals surface area contributed by atoms with Gasteiger partial charge in [-0.3, -0.25) is 19.6 Å². The number of hydrogen-bond acceptors (Lipinski definition) is 4. The molecule has 0 saturated carbocycles. The summed E-state index contributed by atoms with van der Waals surface area (Å²) < 4.78 is 0. The molecule has 0 aromatic carbocycles. The Morgan fingerprint density at radius 1 is 0.722 bits per heavy atom. The molecule has 0 spiro atoms. The van der Waals surface area contributed by atoms with Crippen molar-refractivity contribution in [3.8, 4) is 0 Å². The van der Waals surface area contributed by atoms with Crippen molar-refractivity contribution < 1.29 is 9.59 Å². The van der Waals surface area contributed by atoms with Crippen molar-refractivity contribution in [3.05, 3.63) is 0 Å². The molecule has 0 N–H and O–H groups in total. The van der Waals surface area contributed by atoms with Crippen LogP contribution in [0.1, 0.15) is 53.4 Å². The molecule has 0 saturated heterocycles. The summed E-state index contributed by atoms with van der Waals surface area (Å²) >= 11 is 0. The van der Waals surface area contributed by atoms with Crippen LogP contribution < -0.4 is 0 Å². The molecule has 0 rings (SSSR count). The lowest BCUT2D eigenvalue weighted by atomic mass is 10.2. The van der Waals surface area contributed by atoms with Crippen LogP contribution in [-0.4, -0.2) is 36.1 Å². The van der Waals surface area contributed by atoms with Crippen LogP contribution in [-0.2, 0) is 9.59 Å². The molecule has 18 heavy (non-hydrogen) atoms. The fourth-order valence-corrected chi connectivity index (χ4v) is 1.60. The Hall–Kier alpha value is -1.32. The first-order valence-electron chi connectivity index (χ1n) is 6.40. The standard InChI is InChI=1S/C14H24N2O2/c1-11(9-13(3)17)15-7-5-6-8-16-12(2)10-14(4)18/h5-10H2,1-4H3. The second kappa shape index (κ2) is 9.68. The van der Waals surface area contributed by atoms with Gasteiger partial charge in [0, 0.05) is 37.4 Å². The van der Waals surface area contributed by atoms with Gasteiger partial charge in [-0.1, -0.05) is 0 Å². The minimum absolute atomic E-state index is 0.153. The molecule has 102 valence electrons. The molecule has 0 aliphatic heterocycles. The molecule has 0 bridgehead atoms. The van der Waals surface area contributed by atoms with Gasteiger partial charge >= 0.3 is 0 Å². The fourth-order valence-electron chi connectivity index (χ4n) is 1.60. The lowest BCUT2D eigenvalue weighted by Gasteiger charge is -1.99. The molecule has 0 aromatic rings. The summed E-state index contributed by atoms with van der Waals surface area (Å²) in [6, 6.07) is 0. The lowest BCUT2D eigenvalue weighted by molar-refractivity contribution is -0.116. The Kier molecular flexibility index (Phi) is 8.97. The summed E-state index contributed by atoms with van der Waals surface area (Å²) in [5, 5.41) is 0. The van der Waals surface area contributed by atoms with Gasteiger partial charge in [-0.25, -0.2) is 0 Å². The molecule has 4 nitrogen and oxygen atoms in total. The van der Waals surface area contributed by atoms with Crippen molar-refractivity contribution in [1.29, 1.82) is 0 Å². The molecule has 0 atom stereocenters. The number of nitrogens with zero attached hydrogens (tertiary/aromatic N) is 2. The maximum Gasteiger partial charge on any atom is 0.135 e. The van der Waals surface area contributed by atoms with E-state index in [2.05, 4.69) is 9.98 Å². The Balaban J connectivity index is 3.68. The Bertz CT molecular complexity index is 310. The normalized spacial score (nSPS) is 12.7. The molecule has 0 heterocycles. The fraction of sp³-hybridized carbons (Fsp3) is 0.714. The number of ketones is 2. The Labute approximate surface area is 110 Å². The number of aliphatic imine (C=N–C) groups is 2. The number of hydrogen-bond donors (Lipinski definition) is 0. The van der Waals surface area contributed by atoms with E-state index in [1.807, 2.05) is 13.8 Å². The zero-order valence-electron chi connectivity index (χ0n) is 12.0. The van der Waals surface area contributed by atoms with E-state index in [0.29, 0.717) is 12.8 Å². The highest BCUT2D eigenvalue weighted by Crippen LogP contribution is 1.96. The van der Waals surface area contributed by atoms with Crippen LogP contribution >= 0.6 is 0 Å². The average Bonchev–Trinajstić information content (AvgIpc) is 2.20. The summed E-state index contributed by atoms with van der Waals surface area (Å²) in [6.07, 6.45) is 2.84. The molecular formula is C14H24N2O2. The molecule has 0 aliphatic rings. The van der Waals surface area contributed by atoms with E-state index in [1.54, 1.807) is 13.8 Å². The number of unbranched alkanes of at least 4 members (excludes halogenated alkanes) is 1. The smallest absolute Gasteiger partial charge is 0.135 e.